The number of H-pyrrole nitrogens is 1. The van der Waals surface area contributed by atoms with Crippen molar-refractivity contribution in [3.05, 3.63) is 137 Å². The molecule has 10 rings (SSSR count). The number of nitrogens with zero attached hydrogens (tertiary/aromatic N) is 3. The van der Waals surface area contributed by atoms with Crippen molar-refractivity contribution in [2.24, 2.45) is 50.8 Å². The van der Waals surface area contributed by atoms with Crippen LogP contribution in [0.25, 0.3) is 0 Å². The van der Waals surface area contributed by atoms with E-state index in [0.29, 0.717) is 35.5 Å². The molecule has 2 aromatic carbocycles. The zero-order valence-electron chi connectivity index (χ0n) is 42.5. The fraction of sp³-hybridized carbons (Fsp3) is 0.550. The number of aliphatic imine (C=N–C) groups is 1. The van der Waals surface area contributed by atoms with Crippen LogP contribution in [0.1, 0.15) is 156 Å². The molecule has 4 aliphatic carbocycles. The van der Waals surface area contributed by atoms with Gasteiger partial charge in [0.1, 0.15) is 23.6 Å². The average Bonchev–Trinajstić information content (AvgIpc) is 3.94. The summed E-state index contributed by atoms with van der Waals surface area (Å²) in [5.74, 6) is 6.11. The molecule has 350 valence electrons. The Kier molecular flexibility index (Phi) is 11.2. The van der Waals surface area contributed by atoms with E-state index in [4.69, 9.17) is 4.99 Å². The van der Waals surface area contributed by atoms with Gasteiger partial charge in [0.2, 0.25) is 0 Å². The van der Waals surface area contributed by atoms with Crippen molar-refractivity contribution in [1.82, 2.24) is 15.6 Å². The van der Waals surface area contributed by atoms with E-state index < -0.39 is 0 Å². The Labute approximate surface area is 398 Å². The number of amidine groups is 1. The van der Waals surface area contributed by atoms with E-state index >= 15 is 0 Å². The molecule has 11 atom stereocenters. The van der Waals surface area contributed by atoms with Gasteiger partial charge in [-0.05, 0) is 112 Å². The highest BCUT2D eigenvalue weighted by Gasteiger charge is 2.52. The largest absolute Gasteiger partial charge is 0.354 e. The van der Waals surface area contributed by atoms with Gasteiger partial charge >= 0.3 is 0 Å². The maximum Gasteiger partial charge on any atom is 0.135 e. The number of nitrogens with one attached hydrogen (secondary N) is 3. The van der Waals surface area contributed by atoms with Crippen LogP contribution < -0.4 is 20.4 Å². The van der Waals surface area contributed by atoms with Gasteiger partial charge in [0.25, 0.3) is 0 Å². The third-order valence-corrected chi connectivity index (χ3v) is 16.8. The lowest BCUT2D eigenvalue weighted by atomic mass is 9.67. The van der Waals surface area contributed by atoms with Gasteiger partial charge in [0.15, 0.2) is 0 Å². The lowest BCUT2D eigenvalue weighted by Gasteiger charge is -2.39. The van der Waals surface area contributed by atoms with Crippen LogP contribution in [0.15, 0.2) is 119 Å². The first-order valence-electron chi connectivity index (χ1n) is 25.7. The van der Waals surface area contributed by atoms with Crippen molar-refractivity contribution in [3.8, 4) is 0 Å². The van der Waals surface area contributed by atoms with Crippen molar-refractivity contribution in [1.29, 1.82) is 0 Å². The average molecular weight is 885 g/mol. The van der Waals surface area contributed by atoms with Gasteiger partial charge in [0.05, 0.1) is 23.8 Å². The molecule has 0 bridgehead atoms. The van der Waals surface area contributed by atoms with Crippen LogP contribution in [-0.2, 0) is 5.41 Å². The number of hydrogen-bond acceptors (Lipinski definition) is 5. The minimum absolute atomic E-state index is 0.0477. The highest BCUT2D eigenvalue weighted by molar-refractivity contribution is 6.06. The SMILES string of the molecule is CC1C=CCC(C2NC(c3cc(N4C5C=CC(C(C)(C)C)=CC5C5CC(C(C)(C)C)C=CC54)[nH]c3N3c4ccc(C(C)(C)C)cc4C4C=C(C(C)(C)C)CCC43)=NC(c3ccccc3)N2)C1. The van der Waals surface area contributed by atoms with E-state index in [1.807, 2.05) is 0 Å². The van der Waals surface area contributed by atoms with Crippen molar-refractivity contribution in [2.45, 2.75) is 164 Å². The summed E-state index contributed by atoms with van der Waals surface area (Å²) < 4.78 is 0. The number of fused-ring (bicyclic) bond motifs is 6. The van der Waals surface area contributed by atoms with Gasteiger partial charge < -0.3 is 20.1 Å². The Balaban J connectivity index is 1.17. The Morgan fingerprint density at radius 3 is 2.23 bits per heavy atom. The number of hydrogen-bond donors (Lipinski definition) is 3. The molecule has 0 saturated carbocycles. The van der Waals surface area contributed by atoms with Crippen LogP contribution in [0.2, 0.25) is 0 Å². The highest BCUT2D eigenvalue weighted by Crippen LogP contribution is 2.56. The molecule has 11 unspecified atom stereocenters. The monoisotopic (exact) mass is 885 g/mol. The van der Waals surface area contributed by atoms with E-state index in [2.05, 4.69) is 219 Å². The second-order valence-electron chi connectivity index (χ2n) is 25.6. The lowest BCUT2D eigenvalue weighted by Crippen LogP contribution is -2.55. The Morgan fingerprint density at radius 1 is 0.758 bits per heavy atom. The number of allylic oxidation sites excluding steroid dienone is 6. The van der Waals surface area contributed by atoms with Crippen molar-refractivity contribution in [3.63, 3.8) is 0 Å². The molecule has 66 heavy (non-hydrogen) atoms. The zero-order valence-corrected chi connectivity index (χ0v) is 42.5. The first-order chi connectivity index (χ1) is 31.1. The lowest BCUT2D eigenvalue weighted by molar-refractivity contribution is 0.215. The molecule has 1 fully saturated rings. The quantitative estimate of drug-likeness (QED) is 0.224. The molecular formula is C60H80N6. The van der Waals surface area contributed by atoms with Gasteiger partial charge in [-0.15, -0.1) is 0 Å². The molecule has 7 aliphatic rings. The first kappa shape index (κ1) is 45.2. The van der Waals surface area contributed by atoms with E-state index in [0.717, 1.165) is 31.5 Å². The molecule has 0 radical (unpaired) electrons. The van der Waals surface area contributed by atoms with Gasteiger partial charge in [-0.25, -0.2) is 4.99 Å². The van der Waals surface area contributed by atoms with Crippen LogP contribution in [0.3, 0.4) is 0 Å². The molecule has 1 saturated heterocycles. The molecule has 3 aromatic rings. The number of benzene rings is 2. The molecule has 3 aliphatic heterocycles. The van der Waals surface area contributed by atoms with Crippen LogP contribution in [0.5, 0.6) is 0 Å². The van der Waals surface area contributed by atoms with Gasteiger partial charge in [-0.1, -0.05) is 187 Å². The summed E-state index contributed by atoms with van der Waals surface area (Å²) in [5, 5.41) is 8.15. The molecule has 6 heteroatoms. The highest BCUT2D eigenvalue weighted by atomic mass is 15.3. The summed E-state index contributed by atoms with van der Waals surface area (Å²) in [4.78, 5) is 15.5. The molecule has 1 aromatic heterocycles. The van der Waals surface area contributed by atoms with Crippen LogP contribution >= 0.6 is 0 Å². The maximum absolute atomic E-state index is 5.71. The molecule has 6 nitrogen and oxygen atoms in total. The van der Waals surface area contributed by atoms with Gasteiger partial charge in [-0.2, -0.15) is 0 Å². The van der Waals surface area contributed by atoms with Crippen LogP contribution in [0, 0.1) is 45.8 Å². The summed E-state index contributed by atoms with van der Waals surface area (Å²) in [7, 11) is 0. The smallest absolute Gasteiger partial charge is 0.135 e. The number of aromatic amines is 1. The fourth-order valence-corrected chi connectivity index (χ4v) is 12.8. The fourth-order valence-electron chi connectivity index (χ4n) is 12.8. The number of anilines is 3. The van der Waals surface area contributed by atoms with Crippen LogP contribution in [0.4, 0.5) is 17.3 Å². The van der Waals surface area contributed by atoms with E-state index in [1.165, 1.54) is 51.6 Å². The zero-order chi connectivity index (χ0) is 46.7. The summed E-state index contributed by atoms with van der Waals surface area (Å²) in [6.45, 7) is 31.0. The number of rotatable bonds is 5. The van der Waals surface area contributed by atoms with Crippen LogP contribution in [-0.4, -0.2) is 35.1 Å². The Hall–Kier alpha value is -4.55. The van der Waals surface area contributed by atoms with E-state index in [-0.39, 0.29) is 52.1 Å². The standard InChI is InChI=1S/C60H80N6/c1-36-18-17-21-38(30-36)54-62-53(37-19-15-14-16-20-37)63-55(64-54)47-35-52(65-48-26-22-39(57(2,3)4)31-43(48)44-32-40(58(5,6)7)23-27-49(44)65)61-56(47)66-50-28-24-41(59(8,9)10)33-45(50)46-34-42(60(11,12)13)25-29-51(46)66/h14-20,22-24,26-28,31,33-36,38,40,43-44,46,48-49,51,53-54,61-62H,21,25,29-30,32H2,1-13H3,(H,63,64). The molecule has 3 N–H and O–H groups in total. The molecule has 0 spiro atoms. The second kappa shape index (κ2) is 16.3. The molecule has 0 amide bonds. The summed E-state index contributed by atoms with van der Waals surface area (Å²) in [6, 6.07) is 21.6. The van der Waals surface area contributed by atoms with Crippen molar-refractivity contribution < 1.29 is 0 Å². The third kappa shape index (κ3) is 8.19. The summed E-state index contributed by atoms with van der Waals surface area (Å²) >= 11 is 0. The van der Waals surface area contributed by atoms with Gasteiger partial charge in [-0.3, -0.25) is 5.32 Å². The van der Waals surface area contributed by atoms with Gasteiger partial charge in [0, 0.05) is 23.6 Å². The normalized spacial score (nSPS) is 32.0. The molecular weight excluding hydrogens is 805 g/mol. The Morgan fingerprint density at radius 2 is 1.53 bits per heavy atom. The van der Waals surface area contributed by atoms with Crippen molar-refractivity contribution >= 4 is 23.2 Å². The third-order valence-electron chi connectivity index (χ3n) is 16.8. The summed E-state index contributed by atoms with van der Waals surface area (Å²) in [6.07, 6.45) is 25.8. The van der Waals surface area contributed by atoms with Crippen molar-refractivity contribution in [2.75, 3.05) is 9.80 Å². The Bertz CT molecular complexity index is 2500. The van der Waals surface area contributed by atoms with E-state index in [9.17, 15) is 0 Å². The molecule has 4 heterocycles. The topological polar surface area (TPSA) is 58.7 Å². The summed E-state index contributed by atoms with van der Waals surface area (Å²) in [5.41, 5.74) is 10.1. The predicted molar refractivity (Wildman–Crippen MR) is 279 cm³/mol. The minimum atomic E-state index is -0.168. The minimum Gasteiger partial charge on any atom is -0.354 e. The predicted octanol–water partition coefficient (Wildman–Crippen LogP) is 14.2. The van der Waals surface area contributed by atoms with E-state index in [1.54, 1.807) is 5.57 Å². The number of aromatic nitrogens is 1. The maximum atomic E-state index is 5.71. The second-order valence-corrected chi connectivity index (χ2v) is 25.6. The first-order valence-corrected chi connectivity index (χ1v) is 25.7.